The lowest BCUT2D eigenvalue weighted by molar-refractivity contribution is -0.137. The van der Waals surface area contributed by atoms with E-state index in [1.165, 1.54) is 6.07 Å². The Hall–Kier alpha value is -0.780. The van der Waals surface area contributed by atoms with Crippen molar-refractivity contribution in [1.29, 1.82) is 0 Å². The van der Waals surface area contributed by atoms with E-state index >= 15 is 0 Å². The normalized spacial score (nSPS) is 18.7. The second kappa shape index (κ2) is 6.99. The second-order valence-corrected chi connectivity index (χ2v) is 5.80. The summed E-state index contributed by atoms with van der Waals surface area (Å²) in [5.41, 5.74) is -0.000174. The fraction of sp³-hybridized carbons (Fsp3) is 0.600. The van der Waals surface area contributed by atoms with Crippen LogP contribution in [0.5, 0.6) is 0 Å². The molecular formula is C15H20ClF3N2. The summed E-state index contributed by atoms with van der Waals surface area (Å²) in [6.45, 7) is 5.47. The maximum absolute atomic E-state index is 13.0. The van der Waals surface area contributed by atoms with E-state index in [0.717, 1.165) is 45.1 Å². The third-order valence-corrected chi connectivity index (χ3v) is 4.00. The van der Waals surface area contributed by atoms with Crippen LogP contribution in [0.25, 0.3) is 0 Å². The molecule has 1 fully saturated rings. The summed E-state index contributed by atoms with van der Waals surface area (Å²) in [4.78, 5) is 2.24. The highest BCUT2D eigenvalue weighted by Crippen LogP contribution is 2.35. The molecule has 21 heavy (non-hydrogen) atoms. The lowest BCUT2D eigenvalue weighted by Crippen LogP contribution is -2.45. The van der Waals surface area contributed by atoms with Crippen LogP contribution >= 0.6 is 11.6 Å². The Morgan fingerprint density at radius 3 is 2.48 bits per heavy atom. The Balaban J connectivity index is 2.32. The van der Waals surface area contributed by atoms with E-state index in [-0.39, 0.29) is 11.1 Å². The number of halogens is 4. The van der Waals surface area contributed by atoms with E-state index < -0.39 is 11.7 Å². The number of alkyl halides is 3. The van der Waals surface area contributed by atoms with Crippen LogP contribution in [-0.2, 0) is 6.18 Å². The fourth-order valence-electron chi connectivity index (χ4n) is 2.80. The lowest BCUT2D eigenvalue weighted by atomic mass is 9.97. The van der Waals surface area contributed by atoms with Gasteiger partial charge in [0, 0.05) is 37.2 Å². The largest absolute Gasteiger partial charge is 0.416 e. The molecule has 0 aliphatic carbocycles. The van der Waals surface area contributed by atoms with Crippen molar-refractivity contribution >= 4 is 11.6 Å². The molecule has 1 heterocycles. The number of hydrogen-bond donors (Lipinski definition) is 1. The Labute approximate surface area is 128 Å². The molecule has 2 nitrogen and oxygen atoms in total. The molecule has 0 spiro atoms. The van der Waals surface area contributed by atoms with Gasteiger partial charge < -0.3 is 5.32 Å². The average Bonchev–Trinajstić information content (AvgIpc) is 2.44. The zero-order valence-electron chi connectivity index (χ0n) is 12.0. The fourth-order valence-corrected chi connectivity index (χ4v) is 3.04. The minimum Gasteiger partial charge on any atom is -0.314 e. The van der Waals surface area contributed by atoms with Crippen molar-refractivity contribution < 1.29 is 13.2 Å². The monoisotopic (exact) mass is 320 g/mol. The molecule has 1 aliphatic rings. The maximum atomic E-state index is 13.0. The highest BCUT2D eigenvalue weighted by molar-refractivity contribution is 6.30. The molecule has 1 saturated heterocycles. The van der Waals surface area contributed by atoms with Gasteiger partial charge in [-0.25, -0.2) is 0 Å². The molecule has 118 valence electrons. The first-order chi connectivity index (χ1) is 9.91. The van der Waals surface area contributed by atoms with E-state index in [1.807, 2.05) is 6.92 Å². The molecule has 1 aliphatic heterocycles. The molecule has 0 radical (unpaired) electrons. The van der Waals surface area contributed by atoms with Crippen molar-refractivity contribution in [2.24, 2.45) is 0 Å². The Morgan fingerprint density at radius 2 is 1.90 bits per heavy atom. The van der Waals surface area contributed by atoms with Gasteiger partial charge >= 0.3 is 6.18 Å². The quantitative estimate of drug-likeness (QED) is 0.898. The predicted molar refractivity (Wildman–Crippen MR) is 78.5 cm³/mol. The highest BCUT2D eigenvalue weighted by atomic mass is 35.5. The van der Waals surface area contributed by atoms with Crippen LogP contribution in [0.15, 0.2) is 18.2 Å². The Bertz CT molecular complexity index is 470. The van der Waals surface area contributed by atoms with Crippen LogP contribution in [-0.4, -0.2) is 31.1 Å². The number of benzene rings is 1. The van der Waals surface area contributed by atoms with E-state index in [1.54, 1.807) is 6.07 Å². The molecule has 1 N–H and O–H groups in total. The number of hydrogen-bond acceptors (Lipinski definition) is 2. The zero-order valence-corrected chi connectivity index (χ0v) is 12.8. The Morgan fingerprint density at radius 1 is 1.24 bits per heavy atom. The van der Waals surface area contributed by atoms with Crippen LogP contribution in [0, 0.1) is 0 Å². The van der Waals surface area contributed by atoms with E-state index in [4.69, 9.17) is 11.6 Å². The van der Waals surface area contributed by atoms with E-state index in [0.29, 0.717) is 5.56 Å². The molecule has 6 heteroatoms. The molecule has 1 aromatic rings. The summed E-state index contributed by atoms with van der Waals surface area (Å²) in [5.74, 6) is 0. The van der Waals surface area contributed by atoms with Gasteiger partial charge in [-0.05, 0) is 30.2 Å². The molecule has 1 atom stereocenters. The second-order valence-electron chi connectivity index (χ2n) is 5.36. The van der Waals surface area contributed by atoms with Gasteiger partial charge in [0.1, 0.15) is 0 Å². The molecule has 0 aromatic heterocycles. The first-order valence-electron chi connectivity index (χ1n) is 7.24. The summed E-state index contributed by atoms with van der Waals surface area (Å²) < 4.78 is 38.9. The summed E-state index contributed by atoms with van der Waals surface area (Å²) >= 11 is 5.91. The number of nitrogens with one attached hydrogen (secondary N) is 1. The molecule has 2 rings (SSSR count). The molecule has 0 unspecified atom stereocenters. The predicted octanol–water partition coefficient (Wildman–Crippen LogP) is 4.11. The van der Waals surface area contributed by atoms with Crippen LogP contribution in [0.2, 0.25) is 5.02 Å². The third kappa shape index (κ3) is 4.34. The van der Waals surface area contributed by atoms with Gasteiger partial charge in [-0.2, -0.15) is 13.2 Å². The molecule has 0 bridgehead atoms. The number of piperazine rings is 1. The molecule has 0 amide bonds. The van der Waals surface area contributed by atoms with E-state index in [2.05, 4.69) is 10.2 Å². The van der Waals surface area contributed by atoms with Crippen LogP contribution in [0.3, 0.4) is 0 Å². The molecule has 1 aromatic carbocycles. The van der Waals surface area contributed by atoms with Gasteiger partial charge in [0.2, 0.25) is 0 Å². The summed E-state index contributed by atoms with van der Waals surface area (Å²) in [7, 11) is 0. The van der Waals surface area contributed by atoms with Crippen molar-refractivity contribution in [2.45, 2.75) is 32.0 Å². The van der Waals surface area contributed by atoms with Gasteiger partial charge in [0.15, 0.2) is 0 Å². The zero-order chi connectivity index (χ0) is 15.5. The minimum atomic E-state index is -4.36. The van der Waals surface area contributed by atoms with Crippen molar-refractivity contribution in [2.75, 3.05) is 26.2 Å². The van der Waals surface area contributed by atoms with Crippen molar-refractivity contribution in [3.63, 3.8) is 0 Å². The van der Waals surface area contributed by atoms with Crippen LogP contribution in [0.1, 0.15) is 36.9 Å². The van der Waals surface area contributed by atoms with Crippen LogP contribution < -0.4 is 5.32 Å². The summed E-state index contributed by atoms with van der Waals surface area (Å²) in [6.07, 6.45) is -2.61. The Kier molecular flexibility index (Phi) is 5.52. The lowest BCUT2D eigenvalue weighted by Gasteiger charge is -2.35. The van der Waals surface area contributed by atoms with E-state index in [9.17, 15) is 13.2 Å². The first kappa shape index (κ1) is 16.6. The molecular weight excluding hydrogens is 301 g/mol. The third-order valence-electron chi connectivity index (χ3n) is 3.79. The standard InChI is InChI=1S/C15H20ClF3N2/c1-2-3-14(21-6-4-20-5-7-21)11-8-12(15(17,18)19)10-13(16)9-11/h8-10,14,20H,2-7H2,1H3/t14-/m1/s1. The van der Waals surface area contributed by atoms with Gasteiger partial charge in [-0.15, -0.1) is 0 Å². The highest BCUT2D eigenvalue weighted by Gasteiger charge is 2.32. The SMILES string of the molecule is CCC[C@H](c1cc(Cl)cc(C(F)(F)F)c1)N1CCNCC1. The maximum Gasteiger partial charge on any atom is 0.416 e. The number of nitrogens with zero attached hydrogens (tertiary/aromatic N) is 1. The summed E-state index contributed by atoms with van der Waals surface area (Å²) in [6, 6.07) is 3.90. The minimum absolute atomic E-state index is 0.00287. The average molecular weight is 321 g/mol. The van der Waals surface area contributed by atoms with Gasteiger partial charge in [0.05, 0.1) is 5.56 Å². The number of rotatable bonds is 4. The van der Waals surface area contributed by atoms with Crippen molar-refractivity contribution in [3.8, 4) is 0 Å². The van der Waals surface area contributed by atoms with Gasteiger partial charge in [-0.3, -0.25) is 4.90 Å². The molecule has 0 saturated carbocycles. The summed E-state index contributed by atoms with van der Waals surface area (Å²) in [5, 5.41) is 3.41. The van der Waals surface area contributed by atoms with Gasteiger partial charge in [-0.1, -0.05) is 24.9 Å². The first-order valence-corrected chi connectivity index (χ1v) is 7.62. The van der Waals surface area contributed by atoms with Gasteiger partial charge in [0.25, 0.3) is 0 Å². The van der Waals surface area contributed by atoms with Crippen molar-refractivity contribution in [1.82, 2.24) is 10.2 Å². The topological polar surface area (TPSA) is 15.3 Å². The van der Waals surface area contributed by atoms with Crippen molar-refractivity contribution in [3.05, 3.63) is 34.3 Å². The smallest absolute Gasteiger partial charge is 0.314 e. The van der Waals surface area contributed by atoms with Crippen LogP contribution in [0.4, 0.5) is 13.2 Å².